The van der Waals surface area contributed by atoms with Gasteiger partial charge in [0.05, 0.1) is 89.1 Å². The number of thiazole rings is 1. The van der Waals surface area contributed by atoms with Crippen LogP contribution in [0.3, 0.4) is 0 Å². The summed E-state index contributed by atoms with van der Waals surface area (Å²) >= 11 is 1.56. The van der Waals surface area contributed by atoms with Gasteiger partial charge in [-0.3, -0.25) is 19.0 Å². The van der Waals surface area contributed by atoms with Crippen molar-refractivity contribution in [2.45, 2.75) is 104 Å². The van der Waals surface area contributed by atoms with Crippen LogP contribution in [0.4, 0.5) is 9.18 Å². The van der Waals surface area contributed by atoms with E-state index in [-0.39, 0.29) is 48.2 Å². The van der Waals surface area contributed by atoms with Crippen LogP contribution in [0, 0.1) is 29.5 Å². The number of esters is 1. The summed E-state index contributed by atoms with van der Waals surface area (Å²) in [6, 6.07) is 10.2. The second-order valence-electron chi connectivity index (χ2n) is 19.1. The molecule has 3 amide bonds. The maximum Gasteiger partial charge on any atom is 0.407 e. The molecule has 2 aromatic carbocycles. The lowest BCUT2D eigenvalue weighted by Crippen LogP contribution is -2.51. The molecule has 0 radical (unpaired) electrons. The number of fused-ring (bicyclic) bond motifs is 6. The molecule has 356 valence electrons. The largest absolute Gasteiger partial charge is 0.469 e. The van der Waals surface area contributed by atoms with Gasteiger partial charge < -0.3 is 39.3 Å². The quantitative estimate of drug-likeness (QED) is 0.0945. The number of hydrogen-bond acceptors (Lipinski definition) is 11. The highest BCUT2D eigenvalue weighted by Crippen LogP contribution is 2.54. The Morgan fingerprint density at radius 1 is 0.897 bits per heavy atom. The number of halogens is 1. The van der Waals surface area contributed by atoms with Gasteiger partial charge in [0.1, 0.15) is 29.3 Å². The lowest BCUT2D eigenvalue weighted by atomic mass is 9.90. The van der Waals surface area contributed by atoms with Gasteiger partial charge in [-0.1, -0.05) is 40.7 Å². The summed E-state index contributed by atoms with van der Waals surface area (Å²) in [5, 5.41) is 4.51. The SMILES string of the molecule is CCc1ncc(C2Oc3cc(-c4cnc([C@@H]5CCCN5C(=O)C(NC(=O)OC)C(C)C)[nH]4)cc(F)c3-c3cc4cc(-c5cnc([C@@H]6C[C@H]7C[C@H]7N6C(=O)C(CC(=O)OC)C(C)C)[nH]5)ccc4n32)s1. The van der Waals surface area contributed by atoms with Gasteiger partial charge in [0, 0.05) is 35.3 Å². The van der Waals surface area contributed by atoms with E-state index < -0.39 is 36.1 Å². The van der Waals surface area contributed by atoms with E-state index in [0.717, 1.165) is 57.7 Å². The molecular weight excluding hydrogens is 890 g/mol. The van der Waals surface area contributed by atoms with Crippen molar-refractivity contribution >= 4 is 46.1 Å². The van der Waals surface area contributed by atoms with Gasteiger partial charge in [0.2, 0.25) is 18.0 Å². The topological polar surface area (TPSA) is 190 Å². The van der Waals surface area contributed by atoms with Crippen molar-refractivity contribution in [3.63, 3.8) is 0 Å². The number of hydrogen-bond donors (Lipinski definition) is 3. The predicted octanol–water partition coefficient (Wildman–Crippen LogP) is 8.73. The fourth-order valence-corrected chi connectivity index (χ4v) is 11.3. The highest BCUT2D eigenvalue weighted by molar-refractivity contribution is 7.11. The number of methoxy groups -OCH3 is 2. The monoisotopic (exact) mass is 945 g/mol. The zero-order valence-electron chi connectivity index (χ0n) is 39.2. The number of carbonyl (C=O) groups is 4. The van der Waals surface area contributed by atoms with Crippen molar-refractivity contribution in [3.8, 4) is 39.5 Å². The number of piperidine rings is 1. The van der Waals surface area contributed by atoms with E-state index in [1.807, 2.05) is 67.6 Å². The number of aromatic nitrogens is 6. The summed E-state index contributed by atoms with van der Waals surface area (Å²) in [4.78, 5) is 78.0. The minimum absolute atomic E-state index is 0.0340. The number of imidazole rings is 2. The zero-order valence-corrected chi connectivity index (χ0v) is 40.0. The summed E-state index contributed by atoms with van der Waals surface area (Å²) in [7, 11) is 2.62. The second kappa shape index (κ2) is 17.8. The van der Waals surface area contributed by atoms with E-state index in [0.29, 0.717) is 58.8 Å². The van der Waals surface area contributed by atoms with Gasteiger partial charge in [-0.15, -0.1) is 11.3 Å². The number of alkyl carbamates (subject to hydrolysis) is 1. The number of rotatable bonds is 13. The summed E-state index contributed by atoms with van der Waals surface area (Å²) in [6.07, 6.45) is 7.96. The Balaban J connectivity index is 0.961. The fraction of sp³-hybridized carbons (Fsp3) is 0.460. The second-order valence-corrected chi connectivity index (χ2v) is 20.2. The van der Waals surface area contributed by atoms with E-state index in [4.69, 9.17) is 24.2 Å². The fourth-order valence-electron chi connectivity index (χ4n) is 10.5. The first kappa shape index (κ1) is 45.2. The number of carbonyl (C=O) groups excluding carboxylic acids is 4. The molecule has 10 rings (SSSR count). The Kier molecular flexibility index (Phi) is 11.9. The van der Waals surface area contributed by atoms with Crippen LogP contribution < -0.4 is 10.1 Å². The van der Waals surface area contributed by atoms with Crippen molar-refractivity contribution in [2.24, 2.45) is 23.7 Å². The summed E-state index contributed by atoms with van der Waals surface area (Å²) in [6.45, 7) is 10.2. The van der Waals surface area contributed by atoms with Crippen LogP contribution in [0.5, 0.6) is 5.75 Å². The van der Waals surface area contributed by atoms with Crippen molar-refractivity contribution in [3.05, 3.63) is 82.3 Å². The van der Waals surface area contributed by atoms with Crippen LogP contribution in [-0.2, 0) is 30.3 Å². The number of likely N-dealkylation sites (tertiary alicyclic amines) is 2. The number of nitrogens with one attached hydrogen (secondary N) is 3. The molecule has 3 N–H and O–H groups in total. The Hall–Kier alpha value is -6.56. The van der Waals surface area contributed by atoms with E-state index in [1.165, 1.54) is 20.3 Å². The molecule has 1 aliphatic carbocycles. The molecule has 2 saturated heterocycles. The summed E-state index contributed by atoms with van der Waals surface area (Å²) < 4.78 is 35.5. The Bertz CT molecular complexity index is 2940. The van der Waals surface area contributed by atoms with Gasteiger partial charge in [-0.2, -0.15) is 0 Å². The van der Waals surface area contributed by atoms with Crippen molar-refractivity contribution in [1.82, 2.24) is 44.6 Å². The standard InChI is InChI=1S/C50H56FN9O7S/c1-8-41-52-23-40(68-41)49-60-34-12-11-26(32-21-54-46(55-32)38-18-29-16-36(29)59(38)47(62)30(24(2)3)20-42(61)65-6)14-28(34)17-37(60)43-31(51)15-27(19-39(43)67-49)33-22-53-45(56-33)35-10-9-13-58(35)48(63)44(25(4)5)57-50(64)66-7/h11-12,14-15,17,19,21-25,29-30,35-36,38,44,49H,8-10,13,16,18,20H2,1-7H3,(H,53,56)(H,54,55)(H,57,64)/t29-,30?,35+,36-,38+,44?,49?/m1/s1. The number of H-pyrrole nitrogens is 2. The number of amides is 3. The first-order valence-corrected chi connectivity index (χ1v) is 24.3. The van der Waals surface area contributed by atoms with Gasteiger partial charge in [0.15, 0.2) is 0 Å². The van der Waals surface area contributed by atoms with Gasteiger partial charge in [0.25, 0.3) is 0 Å². The van der Waals surface area contributed by atoms with E-state index in [9.17, 15) is 19.2 Å². The molecule has 16 nitrogen and oxygen atoms in total. The average Bonchev–Trinajstić information content (AvgIpc) is 4.09. The van der Waals surface area contributed by atoms with Crippen LogP contribution in [0.25, 0.3) is 44.7 Å². The normalized spacial score (nSPS) is 21.4. The molecular formula is C50H56FN9O7S. The minimum Gasteiger partial charge on any atom is -0.469 e. The molecule has 1 saturated carbocycles. The number of aryl methyl sites for hydroxylation is 1. The minimum atomic E-state index is -0.772. The maximum absolute atomic E-state index is 16.9. The molecule has 4 aromatic heterocycles. The molecule has 0 spiro atoms. The van der Waals surface area contributed by atoms with Gasteiger partial charge >= 0.3 is 12.1 Å². The number of aromatic amines is 2. The molecule has 68 heavy (non-hydrogen) atoms. The summed E-state index contributed by atoms with van der Waals surface area (Å²) in [5.41, 5.74) is 4.59. The van der Waals surface area contributed by atoms with Gasteiger partial charge in [-0.25, -0.2) is 24.1 Å². The predicted molar refractivity (Wildman–Crippen MR) is 252 cm³/mol. The van der Waals surface area contributed by atoms with Crippen LogP contribution in [0.2, 0.25) is 0 Å². The molecule has 3 fully saturated rings. The lowest BCUT2D eigenvalue weighted by Gasteiger charge is -2.31. The molecule has 4 aliphatic rings. The third-order valence-electron chi connectivity index (χ3n) is 14.2. The van der Waals surface area contributed by atoms with Crippen molar-refractivity contribution in [1.29, 1.82) is 0 Å². The van der Waals surface area contributed by atoms with Crippen molar-refractivity contribution < 1.29 is 37.8 Å². The van der Waals surface area contributed by atoms with Crippen molar-refractivity contribution in [2.75, 3.05) is 20.8 Å². The van der Waals surface area contributed by atoms with Gasteiger partial charge in [-0.05, 0) is 80.2 Å². The van der Waals surface area contributed by atoms with Crippen LogP contribution in [0.15, 0.2) is 55.0 Å². The first-order chi connectivity index (χ1) is 32.8. The molecule has 3 aliphatic heterocycles. The molecule has 7 heterocycles. The van der Waals surface area contributed by atoms with E-state index in [1.54, 1.807) is 28.6 Å². The maximum atomic E-state index is 16.9. The van der Waals surface area contributed by atoms with E-state index >= 15 is 4.39 Å². The number of nitrogens with zero attached hydrogens (tertiary/aromatic N) is 6. The Morgan fingerprint density at radius 3 is 2.34 bits per heavy atom. The molecule has 3 unspecified atom stereocenters. The Morgan fingerprint density at radius 2 is 1.65 bits per heavy atom. The van der Waals surface area contributed by atoms with Crippen LogP contribution in [0.1, 0.15) is 107 Å². The zero-order chi connectivity index (χ0) is 47.7. The summed E-state index contributed by atoms with van der Waals surface area (Å²) in [5.74, 6) is 0.245. The molecule has 6 aromatic rings. The molecule has 7 atom stereocenters. The van der Waals surface area contributed by atoms with Crippen LogP contribution in [-0.4, -0.2) is 96.0 Å². The number of ether oxygens (including phenoxy) is 3. The highest BCUT2D eigenvalue weighted by atomic mass is 32.1. The molecule has 18 heteroatoms. The highest BCUT2D eigenvalue weighted by Gasteiger charge is 2.56. The number of benzene rings is 2. The third-order valence-corrected chi connectivity index (χ3v) is 15.4. The third kappa shape index (κ3) is 7.99. The molecule has 0 bridgehead atoms. The first-order valence-electron chi connectivity index (χ1n) is 23.5. The van der Waals surface area contributed by atoms with Crippen LogP contribution >= 0.6 is 11.3 Å². The average molecular weight is 946 g/mol. The lowest BCUT2D eigenvalue weighted by molar-refractivity contribution is -0.149. The Labute approximate surface area is 397 Å². The van der Waals surface area contributed by atoms with E-state index in [2.05, 4.69) is 33.3 Å². The smallest absolute Gasteiger partial charge is 0.407 e.